The smallest absolute Gasteiger partial charge is 0.264 e. The zero-order valence-electron chi connectivity index (χ0n) is 21.4. The fraction of sp³-hybridized carbons (Fsp3) is 0.286. The molecule has 1 aliphatic rings. The number of halogens is 1. The highest BCUT2D eigenvalue weighted by molar-refractivity contribution is 7.89. The largest absolute Gasteiger partial charge is 0.492 e. The number of nitrogens with zero attached hydrogens (tertiary/aromatic N) is 1. The van der Waals surface area contributed by atoms with Gasteiger partial charge in [-0.1, -0.05) is 24.3 Å². The van der Waals surface area contributed by atoms with Crippen LogP contribution in [-0.4, -0.2) is 52.1 Å². The number of hydrogen-bond donors (Lipinski definition) is 1. The SMILES string of the molecule is CN(C)C(=O)c1cc(-c2cccc(OCc3ccc(C(=O)NS(C)(=O)=O)cc3F)c2)ccc1OCC1CC1. The van der Waals surface area contributed by atoms with E-state index in [9.17, 15) is 22.4 Å². The van der Waals surface area contributed by atoms with Crippen LogP contribution in [0.25, 0.3) is 11.1 Å². The Morgan fingerprint density at radius 3 is 2.39 bits per heavy atom. The Balaban J connectivity index is 1.49. The van der Waals surface area contributed by atoms with Crippen LogP contribution in [0.1, 0.15) is 39.1 Å². The molecule has 0 aliphatic heterocycles. The first-order valence-corrected chi connectivity index (χ1v) is 13.9. The van der Waals surface area contributed by atoms with Gasteiger partial charge in [-0.3, -0.25) is 9.59 Å². The molecule has 3 aromatic rings. The summed E-state index contributed by atoms with van der Waals surface area (Å²) in [7, 11) is -0.376. The topological polar surface area (TPSA) is 102 Å². The second-order valence-electron chi connectivity index (χ2n) is 9.49. The van der Waals surface area contributed by atoms with Gasteiger partial charge in [-0.15, -0.1) is 0 Å². The molecule has 0 unspecified atom stereocenters. The predicted molar refractivity (Wildman–Crippen MR) is 141 cm³/mol. The van der Waals surface area contributed by atoms with Crippen LogP contribution in [0.2, 0.25) is 0 Å². The van der Waals surface area contributed by atoms with E-state index in [1.54, 1.807) is 49.1 Å². The molecule has 38 heavy (non-hydrogen) atoms. The van der Waals surface area contributed by atoms with Gasteiger partial charge < -0.3 is 14.4 Å². The van der Waals surface area contributed by atoms with Crippen molar-refractivity contribution in [2.75, 3.05) is 27.0 Å². The first-order chi connectivity index (χ1) is 18.0. The summed E-state index contributed by atoms with van der Waals surface area (Å²) < 4.78 is 50.6. The highest BCUT2D eigenvalue weighted by atomic mass is 32.2. The van der Waals surface area contributed by atoms with Gasteiger partial charge in [0.15, 0.2) is 0 Å². The normalized spacial score (nSPS) is 13.1. The number of carbonyl (C=O) groups is 2. The lowest BCUT2D eigenvalue weighted by Crippen LogP contribution is -2.29. The second kappa shape index (κ2) is 11.2. The average molecular weight is 541 g/mol. The molecule has 0 spiro atoms. The van der Waals surface area contributed by atoms with Gasteiger partial charge >= 0.3 is 0 Å². The summed E-state index contributed by atoms with van der Waals surface area (Å²) in [5.74, 6) is -0.185. The Hall–Kier alpha value is -3.92. The molecule has 1 N–H and O–H groups in total. The fourth-order valence-electron chi connectivity index (χ4n) is 3.70. The Morgan fingerprint density at radius 1 is 1.00 bits per heavy atom. The third-order valence-electron chi connectivity index (χ3n) is 5.94. The molecule has 0 bridgehead atoms. The molecule has 0 atom stereocenters. The zero-order valence-corrected chi connectivity index (χ0v) is 22.2. The van der Waals surface area contributed by atoms with Crippen LogP contribution in [0.4, 0.5) is 4.39 Å². The van der Waals surface area contributed by atoms with Crippen LogP contribution in [-0.2, 0) is 16.6 Å². The number of hydrogen-bond acceptors (Lipinski definition) is 6. The van der Waals surface area contributed by atoms with E-state index < -0.39 is 21.7 Å². The lowest BCUT2D eigenvalue weighted by atomic mass is 10.0. The van der Waals surface area contributed by atoms with Gasteiger partial charge in [0, 0.05) is 25.2 Å². The third kappa shape index (κ3) is 7.10. The van der Waals surface area contributed by atoms with E-state index in [0.29, 0.717) is 29.6 Å². The maximum absolute atomic E-state index is 14.6. The summed E-state index contributed by atoms with van der Waals surface area (Å²) in [6, 6.07) is 16.3. The molecule has 3 aromatic carbocycles. The third-order valence-corrected chi connectivity index (χ3v) is 6.50. The van der Waals surface area contributed by atoms with E-state index in [-0.39, 0.29) is 23.6 Å². The Morgan fingerprint density at radius 2 is 1.74 bits per heavy atom. The van der Waals surface area contributed by atoms with Crippen LogP contribution < -0.4 is 14.2 Å². The molecule has 10 heteroatoms. The quantitative estimate of drug-likeness (QED) is 0.413. The second-order valence-corrected chi connectivity index (χ2v) is 11.2. The van der Waals surface area contributed by atoms with Gasteiger partial charge in [0.2, 0.25) is 10.0 Å². The van der Waals surface area contributed by atoms with Crippen LogP contribution >= 0.6 is 0 Å². The van der Waals surface area contributed by atoms with E-state index >= 15 is 0 Å². The first-order valence-electron chi connectivity index (χ1n) is 12.0. The van der Waals surface area contributed by atoms with Crippen LogP contribution in [0.3, 0.4) is 0 Å². The first kappa shape index (κ1) is 27.1. The summed E-state index contributed by atoms with van der Waals surface area (Å²) in [5.41, 5.74) is 2.15. The molecule has 2 amide bonds. The van der Waals surface area contributed by atoms with Crippen molar-refractivity contribution in [1.29, 1.82) is 0 Å². The van der Waals surface area contributed by atoms with E-state index in [0.717, 1.165) is 36.3 Å². The summed E-state index contributed by atoms with van der Waals surface area (Å²) in [4.78, 5) is 26.3. The van der Waals surface area contributed by atoms with E-state index in [4.69, 9.17) is 9.47 Å². The molecule has 0 saturated heterocycles. The number of ether oxygens (including phenoxy) is 2. The Labute approximate surface area is 221 Å². The molecule has 1 fully saturated rings. The van der Waals surface area contributed by atoms with Crippen molar-refractivity contribution in [2.24, 2.45) is 5.92 Å². The predicted octanol–water partition coefficient (Wildman–Crippen LogP) is 4.25. The molecule has 1 saturated carbocycles. The minimum Gasteiger partial charge on any atom is -0.492 e. The van der Waals surface area contributed by atoms with Crippen molar-refractivity contribution in [3.63, 3.8) is 0 Å². The molecule has 200 valence electrons. The molecular weight excluding hydrogens is 511 g/mol. The lowest BCUT2D eigenvalue weighted by molar-refractivity contribution is 0.0822. The molecule has 0 aromatic heterocycles. The standard InChI is InChI=1S/C28H29FN2O6S/c1-31(2)28(33)24-14-20(11-12-26(24)37-16-18-7-8-18)19-5-4-6-23(13-19)36-17-22-10-9-21(15-25(22)29)27(32)30-38(3,34)35/h4-6,9-15,18H,7-8,16-17H2,1-3H3,(H,30,32). The molecule has 1 aliphatic carbocycles. The molecule has 0 heterocycles. The highest BCUT2D eigenvalue weighted by Gasteiger charge is 2.24. The number of rotatable bonds is 10. The van der Waals surface area contributed by atoms with Gasteiger partial charge in [0.05, 0.1) is 18.4 Å². The van der Waals surface area contributed by atoms with Gasteiger partial charge in [-0.25, -0.2) is 17.5 Å². The highest BCUT2D eigenvalue weighted by Crippen LogP contribution is 2.33. The van der Waals surface area contributed by atoms with Crippen LogP contribution in [0.15, 0.2) is 60.7 Å². The van der Waals surface area contributed by atoms with E-state index in [1.807, 2.05) is 12.1 Å². The van der Waals surface area contributed by atoms with Gasteiger partial charge in [-0.2, -0.15) is 0 Å². The summed E-state index contributed by atoms with van der Waals surface area (Å²) >= 11 is 0. The van der Waals surface area contributed by atoms with Crippen molar-refractivity contribution in [2.45, 2.75) is 19.4 Å². The van der Waals surface area contributed by atoms with Gasteiger partial charge in [0.25, 0.3) is 11.8 Å². The minimum absolute atomic E-state index is 0.110. The van der Waals surface area contributed by atoms with E-state index in [1.165, 1.54) is 17.0 Å². The summed E-state index contributed by atoms with van der Waals surface area (Å²) in [5, 5.41) is 0. The number of amides is 2. The lowest BCUT2D eigenvalue weighted by Gasteiger charge is -2.16. The van der Waals surface area contributed by atoms with Crippen LogP contribution in [0, 0.1) is 11.7 Å². The Kier molecular flexibility index (Phi) is 8.01. The molecule has 4 rings (SSSR count). The van der Waals surface area contributed by atoms with Crippen molar-refractivity contribution >= 4 is 21.8 Å². The van der Waals surface area contributed by atoms with Crippen molar-refractivity contribution < 1.29 is 31.9 Å². The Bertz CT molecular complexity index is 1470. The van der Waals surface area contributed by atoms with Crippen LogP contribution in [0.5, 0.6) is 11.5 Å². The molecule has 0 radical (unpaired) electrons. The number of nitrogens with one attached hydrogen (secondary N) is 1. The number of sulfonamides is 1. The maximum atomic E-state index is 14.6. The number of carbonyl (C=O) groups excluding carboxylic acids is 2. The molecular formula is C28H29FN2O6S. The van der Waals surface area contributed by atoms with Gasteiger partial charge in [0.1, 0.15) is 23.9 Å². The average Bonchev–Trinajstić information content (AvgIpc) is 3.70. The molecule has 8 nitrogen and oxygen atoms in total. The monoisotopic (exact) mass is 540 g/mol. The zero-order chi connectivity index (χ0) is 27.4. The van der Waals surface area contributed by atoms with Crippen molar-refractivity contribution in [3.8, 4) is 22.6 Å². The maximum Gasteiger partial charge on any atom is 0.264 e. The van der Waals surface area contributed by atoms with E-state index in [2.05, 4.69) is 0 Å². The fourth-order valence-corrected chi connectivity index (χ4v) is 4.15. The van der Waals surface area contributed by atoms with Crippen molar-refractivity contribution in [3.05, 3.63) is 83.2 Å². The van der Waals surface area contributed by atoms with Crippen molar-refractivity contribution in [1.82, 2.24) is 9.62 Å². The summed E-state index contributed by atoms with van der Waals surface area (Å²) in [6.07, 6.45) is 3.14. The number of benzene rings is 3. The minimum atomic E-state index is -3.76. The summed E-state index contributed by atoms with van der Waals surface area (Å²) in [6.45, 7) is 0.484. The van der Waals surface area contributed by atoms with Gasteiger partial charge in [-0.05, 0) is 66.3 Å².